The number of carboxylic acid groups (broad SMARTS) is 1. The van der Waals surface area contributed by atoms with Gasteiger partial charge in [-0.1, -0.05) is 24.3 Å². The molecular formula is C14H10N2O5. The molecule has 21 heavy (non-hydrogen) atoms. The molecule has 1 aromatic carbocycles. The largest absolute Gasteiger partial charge is 0.501 e. The van der Waals surface area contributed by atoms with Gasteiger partial charge in [0.2, 0.25) is 23.1 Å². The molecule has 106 valence electrons. The predicted octanol–water partition coefficient (Wildman–Crippen LogP) is 3.00. The number of aromatic hydroxyl groups is 2. The van der Waals surface area contributed by atoms with Gasteiger partial charge in [0, 0.05) is 5.39 Å². The van der Waals surface area contributed by atoms with Crippen LogP contribution in [-0.2, 0) is 0 Å². The molecule has 1 amide bonds. The number of furan rings is 1. The minimum Gasteiger partial charge on any atom is -0.501 e. The minimum atomic E-state index is -1.42. The summed E-state index contributed by atoms with van der Waals surface area (Å²) in [5, 5.41) is 30.9. The van der Waals surface area contributed by atoms with Crippen LogP contribution in [0.2, 0.25) is 0 Å². The van der Waals surface area contributed by atoms with E-state index in [-0.39, 0.29) is 11.5 Å². The van der Waals surface area contributed by atoms with Crippen molar-refractivity contribution in [3.63, 3.8) is 0 Å². The zero-order valence-electron chi connectivity index (χ0n) is 10.6. The van der Waals surface area contributed by atoms with E-state index in [1.807, 2.05) is 23.5 Å². The Balaban J connectivity index is 2.11. The Morgan fingerprint density at radius 1 is 1.10 bits per heavy atom. The van der Waals surface area contributed by atoms with Crippen LogP contribution in [0.5, 0.6) is 11.5 Å². The number of rotatable bonds is 2. The van der Waals surface area contributed by atoms with Crippen LogP contribution in [0.15, 0.2) is 40.8 Å². The molecule has 3 rings (SSSR count). The second-order valence-electron chi connectivity index (χ2n) is 4.28. The standard InChI is InChI=1S/C14H10N2O5/c17-10-11(18)13(16-14(19)20)21-12(10)9-6-5-7-3-1-2-4-8(7)15-9/h1-6,16-18H,(H,19,20). The van der Waals surface area contributed by atoms with Gasteiger partial charge in [0.1, 0.15) is 5.69 Å². The summed E-state index contributed by atoms with van der Waals surface area (Å²) in [5.41, 5.74) is 0.956. The number of benzene rings is 1. The van der Waals surface area contributed by atoms with E-state index in [2.05, 4.69) is 4.98 Å². The third-order valence-corrected chi connectivity index (χ3v) is 2.91. The monoisotopic (exact) mass is 286 g/mol. The predicted molar refractivity (Wildman–Crippen MR) is 74.4 cm³/mol. The van der Waals surface area contributed by atoms with E-state index in [9.17, 15) is 15.0 Å². The number of aromatic nitrogens is 1. The van der Waals surface area contributed by atoms with Crippen molar-refractivity contribution in [2.24, 2.45) is 0 Å². The molecule has 4 N–H and O–H groups in total. The molecule has 0 atom stereocenters. The molecule has 7 heteroatoms. The van der Waals surface area contributed by atoms with Crippen molar-refractivity contribution in [3.8, 4) is 23.0 Å². The van der Waals surface area contributed by atoms with Gasteiger partial charge < -0.3 is 19.7 Å². The quantitative estimate of drug-likeness (QED) is 0.575. The number of anilines is 1. The maximum absolute atomic E-state index is 10.6. The fraction of sp³-hybridized carbons (Fsp3) is 0. The second-order valence-corrected chi connectivity index (χ2v) is 4.28. The minimum absolute atomic E-state index is 0.109. The summed E-state index contributed by atoms with van der Waals surface area (Å²) in [6, 6.07) is 10.7. The normalized spacial score (nSPS) is 10.7. The van der Waals surface area contributed by atoms with Gasteiger partial charge in [-0.05, 0) is 12.1 Å². The summed E-state index contributed by atoms with van der Waals surface area (Å²) < 4.78 is 5.14. The van der Waals surface area contributed by atoms with E-state index in [1.165, 1.54) is 0 Å². The van der Waals surface area contributed by atoms with Gasteiger partial charge in [-0.25, -0.2) is 9.78 Å². The zero-order valence-corrected chi connectivity index (χ0v) is 10.6. The van der Waals surface area contributed by atoms with E-state index in [0.717, 1.165) is 5.39 Å². The van der Waals surface area contributed by atoms with Crippen LogP contribution in [0, 0.1) is 0 Å². The maximum atomic E-state index is 10.6. The molecular weight excluding hydrogens is 276 g/mol. The van der Waals surface area contributed by atoms with Gasteiger partial charge in [0.15, 0.2) is 0 Å². The van der Waals surface area contributed by atoms with Crippen molar-refractivity contribution in [1.82, 2.24) is 4.98 Å². The van der Waals surface area contributed by atoms with E-state index in [1.54, 1.807) is 18.2 Å². The molecule has 0 fully saturated rings. The zero-order chi connectivity index (χ0) is 15.0. The van der Waals surface area contributed by atoms with Gasteiger partial charge in [-0.2, -0.15) is 0 Å². The molecule has 0 unspecified atom stereocenters. The molecule has 0 saturated carbocycles. The summed E-state index contributed by atoms with van der Waals surface area (Å²) >= 11 is 0. The number of nitrogens with zero attached hydrogens (tertiary/aromatic N) is 1. The average Bonchev–Trinajstić information content (AvgIpc) is 2.75. The molecule has 0 bridgehead atoms. The third-order valence-electron chi connectivity index (χ3n) is 2.91. The van der Waals surface area contributed by atoms with Crippen LogP contribution in [0.4, 0.5) is 10.7 Å². The summed E-state index contributed by atoms with van der Waals surface area (Å²) in [7, 11) is 0. The van der Waals surface area contributed by atoms with Crippen LogP contribution in [0.1, 0.15) is 0 Å². The SMILES string of the molecule is O=C(O)Nc1oc(-c2ccc3ccccc3n2)c(O)c1O. The first kappa shape index (κ1) is 12.8. The molecule has 0 aliphatic heterocycles. The molecule has 2 heterocycles. The van der Waals surface area contributed by atoms with E-state index in [0.29, 0.717) is 5.52 Å². The number of para-hydroxylation sites is 1. The van der Waals surface area contributed by atoms with Crippen molar-refractivity contribution >= 4 is 22.9 Å². The number of carbonyl (C=O) groups is 1. The van der Waals surface area contributed by atoms with Gasteiger partial charge in [0.05, 0.1) is 5.52 Å². The van der Waals surface area contributed by atoms with E-state index < -0.39 is 23.5 Å². The van der Waals surface area contributed by atoms with E-state index in [4.69, 9.17) is 9.52 Å². The lowest BCUT2D eigenvalue weighted by molar-refractivity contribution is 0.209. The van der Waals surface area contributed by atoms with Crippen molar-refractivity contribution in [2.45, 2.75) is 0 Å². The van der Waals surface area contributed by atoms with Crippen molar-refractivity contribution in [3.05, 3.63) is 36.4 Å². The van der Waals surface area contributed by atoms with Crippen molar-refractivity contribution in [1.29, 1.82) is 0 Å². The molecule has 2 aromatic heterocycles. The molecule has 7 nitrogen and oxygen atoms in total. The summed E-state index contributed by atoms with van der Waals surface area (Å²) in [5.74, 6) is -1.81. The van der Waals surface area contributed by atoms with Crippen LogP contribution in [0.3, 0.4) is 0 Å². The highest BCUT2D eigenvalue weighted by molar-refractivity contribution is 5.87. The lowest BCUT2D eigenvalue weighted by atomic mass is 10.2. The first-order valence-corrected chi connectivity index (χ1v) is 5.97. The van der Waals surface area contributed by atoms with Crippen LogP contribution >= 0.6 is 0 Å². The number of amides is 1. The number of fused-ring (bicyclic) bond motifs is 1. The number of hydrogen-bond acceptors (Lipinski definition) is 5. The number of nitrogens with one attached hydrogen (secondary N) is 1. The smallest absolute Gasteiger partial charge is 0.411 e. The Hall–Kier alpha value is -3.22. The average molecular weight is 286 g/mol. The van der Waals surface area contributed by atoms with Gasteiger partial charge >= 0.3 is 6.09 Å². The summed E-state index contributed by atoms with van der Waals surface area (Å²) in [6.45, 7) is 0. The molecule has 0 saturated heterocycles. The topological polar surface area (TPSA) is 116 Å². The third kappa shape index (κ3) is 2.20. The lowest BCUT2D eigenvalue weighted by Crippen LogP contribution is -2.06. The second kappa shape index (κ2) is 4.71. The van der Waals surface area contributed by atoms with Gasteiger partial charge in [-0.3, -0.25) is 5.32 Å². The van der Waals surface area contributed by atoms with Gasteiger partial charge in [0.25, 0.3) is 0 Å². The highest BCUT2D eigenvalue weighted by Gasteiger charge is 2.22. The highest BCUT2D eigenvalue weighted by atomic mass is 16.4. The lowest BCUT2D eigenvalue weighted by Gasteiger charge is -2.00. The summed E-state index contributed by atoms with van der Waals surface area (Å²) in [4.78, 5) is 14.9. The Bertz CT molecular complexity index is 840. The molecule has 0 aliphatic carbocycles. The maximum Gasteiger partial charge on any atom is 0.411 e. The Kier molecular flexibility index (Phi) is 2.87. The fourth-order valence-electron chi connectivity index (χ4n) is 1.96. The Morgan fingerprint density at radius 3 is 2.62 bits per heavy atom. The summed E-state index contributed by atoms with van der Waals surface area (Å²) in [6.07, 6.45) is -1.42. The van der Waals surface area contributed by atoms with Crippen LogP contribution in [0.25, 0.3) is 22.4 Å². The van der Waals surface area contributed by atoms with Crippen LogP contribution in [-0.4, -0.2) is 26.4 Å². The van der Waals surface area contributed by atoms with Crippen LogP contribution < -0.4 is 5.32 Å². The molecule has 3 aromatic rings. The first-order chi connectivity index (χ1) is 10.1. The van der Waals surface area contributed by atoms with E-state index >= 15 is 0 Å². The first-order valence-electron chi connectivity index (χ1n) is 5.97. The fourth-order valence-corrected chi connectivity index (χ4v) is 1.96. The highest BCUT2D eigenvalue weighted by Crippen LogP contribution is 2.44. The molecule has 0 spiro atoms. The van der Waals surface area contributed by atoms with Gasteiger partial charge in [-0.15, -0.1) is 0 Å². The van der Waals surface area contributed by atoms with Crippen molar-refractivity contribution < 1.29 is 24.5 Å². The Morgan fingerprint density at radius 2 is 1.86 bits per heavy atom. The number of pyridine rings is 1. The molecule has 0 aliphatic rings. The van der Waals surface area contributed by atoms with Crippen molar-refractivity contribution in [2.75, 3.05) is 5.32 Å². The molecule has 0 radical (unpaired) electrons. The number of hydrogen-bond donors (Lipinski definition) is 4. The Labute approximate surface area is 118 Å².